The fourth-order valence-electron chi connectivity index (χ4n) is 1.90. The van der Waals surface area contributed by atoms with Gasteiger partial charge in [-0.15, -0.1) is 0 Å². The van der Waals surface area contributed by atoms with Crippen molar-refractivity contribution in [1.29, 1.82) is 0 Å². The van der Waals surface area contributed by atoms with Crippen LogP contribution in [-0.2, 0) is 0 Å². The quantitative estimate of drug-likeness (QED) is 0.791. The number of methoxy groups -OCH3 is 1. The van der Waals surface area contributed by atoms with Gasteiger partial charge in [0, 0.05) is 12.4 Å². The zero-order valence-corrected chi connectivity index (χ0v) is 11.1. The van der Waals surface area contributed by atoms with E-state index >= 15 is 0 Å². The summed E-state index contributed by atoms with van der Waals surface area (Å²) >= 11 is 0. The first-order chi connectivity index (χ1) is 10.2. The lowest BCUT2D eigenvalue weighted by molar-refractivity contribution is 0.0696. The first-order valence-electron chi connectivity index (χ1n) is 6.06. The maximum absolute atomic E-state index is 11.1. The van der Waals surface area contributed by atoms with Gasteiger partial charge in [0.15, 0.2) is 11.5 Å². The molecular formula is C14H11N3O4. The number of hydrogen-bond donors (Lipinski definition) is 1. The predicted molar refractivity (Wildman–Crippen MR) is 73.0 cm³/mol. The molecule has 0 amide bonds. The summed E-state index contributed by atoms with van der Waals surface area (Å²) in [7, 11) is 1.48. The molecule has 3 aromatic rings. The van der Waals surface area contributed by atoms with E-state index in [0.29, 0.717) is 17.1 Å². The molecule has 2 heterocycles. The standard InChI is InChI=1S/C14H11N3O4/c1-20-11-3-2-9(14(18)19)8-12(11)21-13-10-4-5-16-17(10)7-6-15-13/h2-8H,1H3,(H,18,19). The summed E-state index contributed by atoms with van der Waals surface area (Å²) in [5, 5.41) is 13.1. The summed E-state index contributed by atoms with van der Waals surface area (Å²) in [6.45, 7) is 0. The summed E-state index contributed by atoms with van der Waals surface area (Å²) in [4.78, 5) is 15.2. The van der Waals surface area contributed by atoms with Gasteiger partial charge in [-0.1, -0.05) is 0 Å². The van der Waals surface area contributed by atoms with Crippen molar-refractivity contribution in [3.05, 3.63) is 48.4 Å². The van der Waals surface area contributed by atoms with Gasteiger partial charge >= 0.3 is 5.97 Å². The molecule has 1 N–H and O–H groups in total. The zero-order chi connectivity index (χ0) is 14.8. The number of ether oxygens (including phenoxy) is 2. The average Bonchev–Trinajstić information content (AvgIpc) is 2.96. The molecule has 21 heavy (non-hydrogen) atoms. The predicted octanol–water partition coefficient (Wildman–Crippen LogP) is 2.23. The van der Waals surface area contributed by atoms with Crippen molar-refractivity contribution in [2.45, 2.75) is 0 Å². The van der Waals surface area contributed by atoms with Gasteiger partial charge in [0.05, 0.1) is 18.9 Å². The topological polar surface area (TPSA) is 86.0 Å². The third-order valence-corrected chi connectivity index (χ3v) is 2.91. The van der Waals surface area contributed by atoms with Gasteiger partial charge in [0.1, 0.15) is 5.52 Å². The summed E-state index contributed by atoms with van der Waals surface area (Å²) in [6.07, 6.45) is 4.85. The van der Waals surface area contributed by atoms with Gasteiger partial charge in [-0.3, -0.25) is 0 Å². The van der Waals surface area contributed by atoms with Crippen molar-refractivity contribution in [3.8, 4) is 17.4 Å². The molecular weight excluding hydrogens is 274 g/mol. The van der Waals surface area contributed by atoms with Crippen LogP contribution in [0, 0.1) is 0 Å². The van der Waals surface area contributed by atoms with Crippen LogP contribution in [0.25, 0.3) is 5.52 Å². The number of nitrogens with zero attached hydrogens (tertiary/aromatic N) is 3. The lowest BCUT2D eigenvalue weighted by Gasteiger charge is -2.10. The molecule has 0 fully saturated rings. The lowest BCUT2D eigenvalue weighted by atomic mass is 10.2. The summed E-state index contributed by atoms with van der Waals surface area (Å²) in [5.41, 5.74) is 0.770. The Morgan fingerprint density at radius 1 is 1.24 bits per heavy atom. The van der Waals surface area contributed by atoms with E-state index in [-0.39, 0.29) is 11.3 Å². The highest BCUT2D eigenvalue weighted by Gasteiger charge is 2.13. The number of rotatable bonds is 4. The SMILES string of the molecule is COc1ccc(C(=O)O)cc1Oc1nccn2nccc12. The molecule has 0 radical (unpaired) electrons. The van der Waals surface area contributed by atoms with Crippen LogP contribution in [0.2, 0.25) is 0 Å². The highest BCUT2D eigenvalue weighted by atomic mass is 16.5. The monoisotopic (exact) mass is 285 g/mol. The van der Waals surface area contributed by atoms with E-state index in [4.69, 9.17) is 14.6 Å². The minimum atomic E-state index is -1.04. The molecule has 0 aliphatic rings. The van der Waals surface area contributed by atoms with Gasteiger partial charge in [0.2, 0.25) is 5.88 Å². The van der Waals surface area contributed by atoms with Gasteiger partial charge in [0.25, 0.3) is 0 Å². The Kier molecular flexibility index (Phi) is 3.15. The van der Waals surface area contributed by atoms with Crippen LogP contribution >= 0.6 is 0 Å². The Balaban J connectivity index is 2.06. The number of aromatic nitrogens is 3. The third kappa shape index (κ3) is 2.36. The third-order valence-electron chi connectivity index (χ3n) is 2.91. The summed E-state index contributed by atoms with van der Waals surface area (Å²) in [6, 6.07) is 6.12. The van der Waals surface area contributed by atoms with E-state index in [9.17, 15) is 4.79 Å². The number of aromatic carboxylic acids is 1. The molecule has 3 rings (SSSR count). The molecule has 2 aromatic heterocycles. The molecule has 7 heteroatoms. The minimum absolute atomic E-state index is 0.103. The zero-order valence-electron chi connectivity index (χ0n) is 11.1. The molecule has 0 saturated heterocycles. The van der Waals surface area contributed by atoms with Gasteiger partial charge < -0.3 is 14.6 Å². The van der Waals surface area contributed by atoms with Crippen LogP contribution in [-0.4, -0.2) is 32.8 Å². The first-order valence-corrected chi connectivity index (χ1v) is 6.06. The minimum Gasteiger partial charge on any atom is -0.493 e. The van der Waals surface area contributed by atoms with Crippen molar-refractivity contribution in [1.82, 2.24) is 14.6 Å². The number of carboxylic acid groups (broad SMARTS) is 1. The Hall–Kier alpha value is -3.09. The molecule has 0 unspecified atom stereocenters. The Morgan fingerprint density at radius 3 is 2.86 bits per heavy atom. The fraction of sp³-hybridized carbons (Fsp3) is 0.0714. The van der Waals surface area contributed by atoms with E-state index in [0.717, 1.165) is 0 Å². The second-order valence-electron chi connectivity index (χ2n) is 4.17. The Morgan fingerprint density at radius 2 is 2.10 bits per heavy atom. The smallest absolute Gasteiger partial charge is 0.335 e. The first kappa shape index (κ1) is 12.9. The second kappa shape index (κ2) is 5.12. The van der Waals surface area contributed by atoms with Crippen molar-refractivity contribution in [2.24, 2.45) is 0 Å². The number of carbonyl (C=O) groups is 1. The molecule has 0 spiro atoms. The molecule has 0 aliphatic heterocycles. The fourth-order valence-corrected chi connectivity index (χ4v) is 1.90. The average molecular weight is 285 g/mol. The normalized spacial score (nSPS) is 10.5. The second-order valence-corrected chi connectivity index (χ2v) is 4.17. The van der Waals surface area contributed by atoms with Gasteiger partial charge in [-0.05, 0) is 24.3 Å². The van der Waals surface area contributed by atoms with Crippen molar-refractivity contribution < 1.29 is 19.4 Å². The van der Waals surface area contributed by atoms with Crippen molar-refractivity contribution in [2.75, 3.05) is 7.11 Å². The van der Waals surface area contributed by atoms with Crippen molar-refractivity contribution >= 4 is 11.5 Å². The van der Waals surface area contributed by atoms with Crippen LogP contribution in [0.1, 0.15) is 10.4 Å². The van der Waals surface area contributed by atoms with Crippen LogP contribution < -0.4 is 9.47 Å². The van der Waals surface area contributed by atoms with E-state index < -0.39 is 5.97 Å². The van der Waals surface area contributed by atoms with E-state index in [2.05, 4.69) is 10.1 Å². The lowest BCUT2D eigenvalue weighted by Crippen LogP contribution is -1.99. The maximum Gasteiger partial charge on any atom is 0.335 e. The maximum atomic E-state index is 11.1. The number of carboxylic acids is 1. The van der Waals surface area contributed by atoms with Gasteiger partial charge in [-0.2, -0.15) is 5.10 Å². The van der Waals surface area contributed by atoms with Gasteiger partial charge in [-0.25, -0.2) is 14.3 Å². The molecule has 1 aromatic carbocycles. The molecule has 0 aliphatic carbocycles. The van der Waals surface area contributed by atoms with Crippen LogP contribution in [0.15, 0.2) is 42.9 Å². The molecule has 7 nitrogen and oxygen atoms in total. The number of benzene rings is 1. The summed E-state index contributed by atoms with van der Waals surface area (Å²) in [5.74, 6) is -0.0311. The molecule has 0 atom stereocenters. The van der Waals surface area contributed by atoms with Crippen LogP contribution in [0.4, 0.5) is 0 Å². The number of hydrogen-bond acceptors (Lipinski definition) is 5. The van der Waals surface area contributed by atoms with E-state index in [1.165, 1.54) is 25.3 Å². The Bertz CT molecular complexity index is 813. The highest BCUT2D eigenvalue weighted by molar-refractivity contribution is 5.88. The largest absolute Gasteiger partial charge is 0.493 e. The van der Waals surface area contributed by atoms with Crippen LogP contribution in [0.5, 0.6) is 17.4 Å². The highest BCUT2D eigenvalue weighted by Crippen LogP contribution is 2.33. The van der Waals surface area contributed by atoms with E-state index in [1.54, 1.807) is 29.2 Å². The Labute approximate surface area is 119 Å². The van der Waals surface area contributed by atoms with E-state index in [1.807, 2.05) is 0 Å². The molecule has 0 bridgehead atoms. The molecule has 106 valence electrons. The molecule has 0 saturated carbocycles. The van der Waals surface area contributed by atoms with Crippen LogP contribution in [0.3, 0.4) is 0 Å². The summed E-state index contributed by atoms with van der Waals surface area (Å²) < 4.78 is 12.5. The number of fused-ring (bicyclic) bond motifs is 1. The van der Waals surface area contributed by atoms with Crippen molar-refractivity contribution in [3.63, 3.8) is 0 Å².